The molecule has 0 aromatic carbocycles. The number of pyridine rings is 1. The average molecular weight is 320 g/mol. The highest BCUT2D eigenvalue weighted by Gasteiger charge is 2.31. The molecular formula is C11H12BrClN2O2. The van der Waals surface area contributed by atoms with Crippen LogP contribution in [0.3, 0.4) is 0 Å². The lowest BCUT2D eigenvalue weighted by Crippen LogP contribution is -2.25. The van der Waals surface area contributed by atoms with Gasteiger partial charge in [0.1, 0.15) is 0 Å². The van der Waals surface area contributed by atoms with Crippen molar-refractivity contribution in [3.63, 3.8) is 0 Å². The van der Waals surface area contributed by atoms with Crippen molar-refractivity contribution in [2.24, 2.45) is 5.92 Å². The lowest BCUT2D eigenvalue weighted by Gasteiger charge is -2.18. The van der Waals surface area contributed by atoms with E-state index in [1.807, 2.05) is 0 Å². The molecule has 1 saturated heterocycles. The van der Waals surface area contributed by atoms with E-state index in [-0.39, 0.29) is 11.8 Å². The Morgan fingerprint density at radius 2 is 2.47 bits per heavy atom. The molecule has 17 heavy (non-hydrogen) atoms. The van der Waals surface area contributed by atoms with Crippen molar-refractivity contribution >= 4 is 39.1 Å². The van der Waals surface area contributed by atoms with Crippen LogP contribution >= 0.6 is 27.5 Å². The van der Waals surface area contributed by atoms with Gasteiger partial charge in [0.05, 0.1) is 17.3 Å². The van der Waals surface area contributed by atoms with Crippen LogP contribution in [0.25, 0.3) is 0 Å². The first kappa shape index (κ1) is 12.6. The van der Waals surface area contributed by atoms with Gasteiger partial charge in [-0.25, -0.2) is 4.98 Å². The zero-order valence-corrected chi connectivity index (χ0v) is 11.7. The molecule has 0 N–H and O–H groups in total. The summed E-state index contributed by atoms with van der Waals surface area (Å²) in [6.07, 6.45) is 2.13. The number of aromatic nitrogens is 1. The molecule has 1 aliphatic rings. The van der Waals surface area contributed by atoms with Crippen LogP contribution in [0.5, 0.6) is 5.88 Å². The van der Waals surface area contributed by atoms with E-state index in [9.17, 15) is 4.79 Å². The monoisotopic (exact) mass is 318 g/mol. The van der Waals surface area contributed by atoms with Crippen LogP contribution in [-0.4, -0.2) is 30.4 Å². The molecule has 0 aliphatic carbocycles. The van der Waals surface area contributed by atoms with Crippen LogP contribution in [0.15, 0.2) is 16.7 Å². The van der Waals surface area contributed by atoms with Crippen LogP contribution in [0, 0.1) is 5.92 Å². The number of carbonyl (C=O) groups is 1. The molecule has 92 valence electrons. The molecule has 1 atom stereocenters. The predicted molar refractivity (Wildman–Crippen MR) is 69.7 cm³/mol. The third kappa shape index (κ3) is 2.55. The number of methoxy groups -OCH3 is 1. The number of halogens is 2. The first-order valence-corrected chi connectivity index (χ1v) is 6.54. The van der Waals surface area contributed by atoms with E-state index in [0.29, 0.717) is 24.7 Å². The summed E-state index contributed by atoms with van der Waals surface area (Å²) in [7, 11) is 1.55. The van der Waals surface area contributed by atoms with Crippen molar-refractivity contribution in [1.29, 1.82) is 0 Å². The quantitative estimate of drug-likeness (QED) is 0.804. The van der Waals surface area contributed by atoms with Crippen LogP contribution in [-0.2, 0) is 4.79 Å². The number of hydrogen-bond acceptors (Lipinski definition) is 3. The maximum Gasteiger partial charge on any atom is 0.227 e. The fourth-order valence-electron chi connectivity index (χ4n) is 1.85. The Morgan fingerprint density at radius 3 is 3.06 bits per heavy atom. The van der Waals surface area contributed by atoms with E-state index in [0.717, 1.165) is 10.2 Å². The van der Waals surface area contributed by atoms with Crippen molar-refractivity contribution in [3.8, 4) is 5.88 Å². The summed E-state index contributed by atoms with van der Waals surface area (Å²) in [5.74, 6) is 1.30. The first-order valence-electron chi connectivity index (χ1n) is 5.21. The van der Waals surface area contributed by atoms with Gasteiger partial charge in [0.2, 0.25) is 11.8 Å². The van der Waals surface area contributed by atoms with Gasteiger partial charge in [0, 0.05) is 31.1 Å². The van der Waals surface area contributed by atoms with Gasteiger partial charge in [-0.15, -0.1) is 11.6 Å². The largest absolute Gasteiger partial charge is 0.481 e. The molecule has 1 unspecified atom stereocenters. The van der Waals surface area contributed by atoms with Crippen LogP contribution in [0.1, 0.15) is 6.42 Å². The lowest BCUT2D eigenvalue weighted by molar-refractivity contribution is -0.117. The van der Waals surface area contributed by atoms with Crippen molar-refractivity contribution < 1.29 is 9.53 Å². The van der Waals surface area contributed by atoms with E-state index in [4.69, 9.17) is 16.3 Å². The van der Waals surface area contributed by atoms with E-state index < -0.39 is 0 Å². The molecular weight excluding hydrogens is 307 g/mol. The summed E-state index contributed by atoms with van der Waals surface area (Å²) in [4.78, 5) is 17.7. The van der Waals surface area contributed by atoms with Crippen molar-refractivity contribution in [2.45, 2.75) is 6.42 Å². The molecule has 0 spiro atoms. The molecule has 1 fully saturated rings. The molecule has 2 heterocycles. The molecule has 0 saturated carbocycles. The van der Waals surface area contributed by atoms with E-state index in [1.54, 1.807) is 24.3 Å². The maximum atomic E-state index is 11.9. The Bertz CT molecular complexity index is 441. The average Bonchev–Trinajstić information content (AvgIpc) is 2.71. The Kier molecular flexibility index (Phi) is 3.89. The zero-order chi connectivity index (χ0) is 12.4. The standard InChI is InChI=1S/C11H12BrClN2O2/c1-17-10-3-9(8(12)5-14-10)15-6-7(4-13)2-11(15)16/h3,5,7H,2,4,6H2,1H3. The Labute approximate surface area is 113 Å². The summed E-state index contributed by atoms with van der Waals surface area (Å²) < 4.78 is 5.84. The van der Waals surface area contributed by atoms with Gasteiger partial charge in [0.25, 0.3) is 0 Å². The molecule has 1 aromatic heterocycles. The number of ether oxygens (including phenoxy) is 1. The smallest absolute Gasteiger partial charge is 0.227 e. The molecule has 1 aliphatic heterocycles. The summed E-state index contributed by atoms with van der Waals surface area (Å²) in [6, 6.07) is 1.75. The summed E-state index contributed by atoms with van der Waals surface area (Å²) >= 11 is 9.19. The first-order chi connectivity index (χ1) is 8.15. The SMILES string of the molecule is COc1cc(N2CC(CCl)CC2=O)c(Br)cn1. The number of amides is 1. The molecule has 2 rings (SSSR count). The zero-order valence-electron chi connectivity index (χ0n) is 9.32. The molecule has 0 radical (unpaired) electrons. The third-order valence-corrected chi connectivity index (χ3v) is 3.78. The lowest BCUT2D eigenvalue weighted by atomic mass is 10.1. The Morgan fingerprint density at radius 1 is 1.71 bits per heavy atom. The topological polar surface area (TPSA) is 42.4 Å². The minimum atomic E-state index is 0.0876. The normalized spacial score (nSPS) is 19.8. The van der Waals surface area contributed by atoms with Gasteiger partial charge in [-0.3, -0.25) is 4.79 Å². The van der Waals surface area contributed by atoms with Crippen molar-refractivity contribution in [2.75, 3.05) is 24.4 Å². The third-order valence-electron chi connectivity index (χ3n) is 2.73. The molecule has 1 aromatic rings. The summed E-state index contributed by atoms with van der Waals surface area (Å²) in [5, 5.41) is 0. The van der Waals surface area contributed by atoms with Gasteiger partial charge in [0.15, 0.2) is 0 Å². The highest BCUT2D eigenvalue weighted by atomic mass is 79.9. The van der Waals surface area contributed by atoms with Gasteiger partial charge >= 0.3 is 0 Å². The van der Waals surface area contributed by atoms with Gasteiger partial charge < -0.3 is 9.64 Å². The second-order valence-electron chi connectivity index (χ2n) is 3.91. The number of anilines is 1. The Balaban J connectivity index is 2.30. The number of hydrogen-bond donors (Lipinski definition) is 0. The van der Waals surface area contributed by atoms with Gasteiger partial charge in [-0.2, -0.15) is 0 Å². The van der Waals surface area contributed by atoms with Crippen LogP contribution in [0.2, 0.25) is 0 Å². The number of alkyl halides is 1. The Hall–Kier alpha value is -0.810. The molecule has 0 bridgehead atoms. The minimum absolute atomic E-state index is 0.0876. The highest BCUT2D eigenvalue weighted by Crippen LogP contribution is 2.33. The number of nitrogens with zero attached hydrogens (tertiary/aromatic N) is 2. The van der Waals surface area contributed by atoms with Gasteiger partial charge in [-0.05, 0) is 21.8 Å². The maximum absolute atomic E-state index is 11.9. The van der Waals surface area contributed by atoms with E-state index >= 15 is 0 Å². The molecule has 4 nitrogen and oxygen atoms in total. The fraction of sp³-hybridized carbons (Fsp3) is 0.455. The van der Waals surface area contributed by atoms with Crippen LogP contribution < -0.4 is 9.64 Å². The van der Waals surface area contributed by atoms with Crippen molar-refractivity contribution in [1.82, 2.24) is 4.98 Å². The minimum Gasteiger partial charge on any atom is -0.481 e. The number of carbonyl (C=O) groups excluding carboxylic acids is 1. The summed E-state index contributed by atoms with van der Waals surface area (Å²) in [6.45, 7) is 0.647. The highest BCUT2D eigenvalue weighted by molar-refractivity contribution is 9.10. The number of rotatable bonds is 3. The van der Waals surface area contributed by atoms with Crippen molar-refractivity contribution in [3.05, 3.63) is 16.7 Å². The predicted octanol–water partition coefficient (Wildman–Crippen LogP) is 2.44. The molecule has 6 heteroatoms. The van der Waals surface area contributed by atoms with E-state index in [1.165, 1.54) is 0 Å². The summed E-state index contributed by atoms with van der Waals surface area (Å²) in [5.41, 5.74) is 0.787. The second-order valence-corrected chi connectivity index (χ2v) is 5.07. The van der Waals surface area contributed by atoms with Crippen LogP contribution in [0.4, 0.5) is 5.69 Å². The second kappa shape index (κ2) is 5.23. The fourth-order valence-corrected chi connectivity index (χ4v) is 2.48. The van der Waals surface area contributed by atoms with E-state index in [2.05, 4.69) is 20.9 Å². The molecule has 1 amide bonds. The van der Waals surface area contributed by atoms with Gasteiger partial charge in [-0.1, -0.05) is 0 Å².